The van der Waals surface area contributed by atoms with Gasteiger partial charge in [0.2, 0.25) is 15.9 Å². The largest absolute Gasteiger partial charge is 0.416 e. The lowest BCUT2D eigenvalue weighted by atomic mass is 10.2. The third kappa shape index (κ3) is 5.55. The Labute approximate surface area is 169 Å². The predicted octanol–water partition coefficient (Wildman–Crippen LogP) is 4.49. The van der Waals surface area contributed by atoms with Crippen LogP contribution < -0.4 is 9.62 Å². The number of halogens is 4. The van der Waals surface area contributed by atoms with Crippen molar-refractivity contribution in [2.45, 2.75) is 11.1 Å². The van der Waals surface area contributed by atoms with Gasteiger partial charge in [0, 0.05) is 4.90 Å². The van der Waals surface area contributed by atoms with Gasteiger partial charge in [-0.05, 0) is 36.6 Å². The van der Waals surface area contributed by atoms with Crippen molar-refractivity contribution in [3.05, 3.63) is 53.1 Å². The Balaban J connectivity index is 2.37. The van der Waals surface area contributed by atoms with Gasteiger partial charge in [-0.25, -0.2) is 8.42 Å². The van der Waals surface area contributed by atoms with Gasteiger partial charge in [-0.15, -0.1) is 11.8 Å². The van der Waals surface area contributed by atoms with Crippen LogP contribution in [0.2, 0.25) is 5.02 Å². The quantitative estimate of drug-likeness (QED) is 0.656. The van der Waals surface area contributed by atoms with Crippen LogP contribution in [-0.4, -0.2) is 33.4 Å². The van der Waals surface area contributed by atoms with E-state index < -0.39 is 39.9 Å². The average Bonchev–Trinajstić information content (AvgIpc) is 2.59. The first kappa shape index (κ1) is 22.4. The molecule has 2 aromatic carbocycles. The minimum absolute atomic E-state index is 0.226. The molecule has 0 aliphatic rings. The Kier molecular flexibility index (Phi) is 6.89. The number of rotatable bonds is 6. The van der Waals surface area contributed by atoms with Crippen molar-refractivity contribution in [1.29, 1.82) is 0 Å². The van der Waals surface area contributed by atoms with E-state index in [0.717, 1.165) is 23.3 Å². The summed E-state index contributed by atoms with van der Waals surface area (Å²) in [4.78, 5) is 13.2. The van der Waals surface area contributed by atoms with Crippen molar-refractivity contribution in [2.75, 3.05) is 28.7 Å². The zero-order chi connectivity index (χ0) is 21.1. The molecule has 152 valence electrons. The SMILES string of the molecule is CSc1ccccc1NC(=O)CN(c1cc(C(F)(F)F)ccc1Cl)S(C)(=O)=O. The van der Waals surface area contributed by atoms with Gasteiger partial charge in [0.05, 0.1) is 28.2 Å². The molecule has 0 aliphatic heterocycles. The average molecular weight is 453 g/mol. The number of thioether (sulfide) groups is 1. The summed E-state index contributed by atoms with van der Waals surface area (Å²) in [6.45, 7) is -0.734. The van der Waals surface area contributed by atoms with Crippen LogP contribution in [0.5, 0.6) is 0 Å². The molecule has 11 heteroatoms. The molecule has 0 spiro atoms. The summed E-state index contributed by atoms with van der Waals surface area (Å²) in [5, 5.41) is 2.34. The third-order valence-corrected chi connectivity index (χ3v) is 5.85. The van der Waals surface area contributed by atoms with E-state index in [-0.39, 0.29) is 5.02 Å². The standard InChI is InChI=1S/C17H16ClF3N2O3S2/c1-27-15-6-4-3-5-13(15)22-16(24)10-23(28(2,25)26)14-9-11(17(19,20)21)7-8-12(14)18/h3-9H,10H2,1-2H3,(H,22,24). The van der Waals surface area contributed by atoms with Crippen LogP contribution in [0.4, 0.5) is 24.5 Å². The van der Waals surface area contributed by atoms with Gasteiger partial charge in [0.1, 0.15) is 6.54 Å². The van der Waals surface area contributed by atoms with Gasteiger partial charge >= 0.3 is 6.18 Å². The molecule has 0 unspecified atom stereocenters. The van der Waals surface area contributed by atoms with Gasteiger partial charge in [-0.1, -0.05) is 23.7 Å². The Morgan fingerprint density at radius 3 is 2.43 bits per heavy atom. The highest BCUT2D eigenvalue weighted by atomic mass is 35.5. The molecule has 28 heavy (non-hydrogen) atoms. The molecule has 5 nitrogen and oxygen atoms in total. The lowest BCUT2D eigenvalue weighted by molar-refractivity contribution is -0.137. The highest BCUT2D eigenvalue weighted by Gasteiger charge is 2.33. The van der Waals surface area contributed by atoms with Crippen LogP contribution in [0, 0.1) is 0 Å². The summed E-state index contributed by atoms with van der Waals surface area (Å²) in [6, 6.07) is 9.14. The summed E-state index contributed by atoms with van der Waals surface area (Å²) >= 11 is 7.30. The highest BCUT2D eigenvalue weighted by molar-refractivity contribution is 7.98. The van der Waals surface area contributed by atoms with E-state index in [1.807, 2.05) is 0 Å². The lowest BCUT2D eigenvalue weighted by Gasteiger charge is -2.24. The van der Waals surface area contributed by atoms with Gasteiger partial charge in [0.25, 0.3) is 0 Å². The van der Waals surface area contributed by atoms with E-state index in [1.165, 1.54) is 11.8 Å². The number of hydrogen-bond acceptors (Lipinski definition) is 4. The summed E-state index contributed by atoms with van der Waals surface area (Å²) < 4.78 is 63.9. The van der Waals surface area contributed by atoms with Crippen LogP contribution >= 0.6 is 23.4 Å². The number of carbonyl (C=O) groups is 1. The fraction of sp³-hybridized carbons (Fsp3) is 0.235. The zero-order valence-electron chi connectivity index (χ0n) is 14.7. The van der Waals surface area contributed by atoms with Crippen LogP contribution in [0.15, 0.2) is 47.4 Å². The molecule has 2 aromatic rings. The van der Waals surface area contributed by atoms with E-state index in [1.54, 1.807) is 30.5 Å². The molecule has 0 aromatic heterocycles. The predicted molar refractivity (Wildman–Crippen MR) is 105 cm³/mol. The fourth-order valence-corrected chi connectivity index (χ4v) is 4.01. The van der Waals surface area contributed by atoms with Crippen molar-refractivity contribution in [1.82, 2.24) is 0 Å². The first-order valence-electron chi connectivity index (χ1n) is 7.71. The van der Waals surface area contributed by atoms with Crippen molar-refractivity contribution in [2.24, 2.45) is 0 Å². The van der Waals surface area contributed by atoms with Crippen LogP contribution in [0.3, 0.4) is 0 Å². The number of nitrogens with one attached hydrogen (secondary N) is 1. The number of benzene rings is 2. The topological polar surface area (TPSA) is 66.5 Å². The van der Waals surface area contributed by atoms with Gasteiger partial charge in [0.15, 0.2) is 0 Å². The Morgan fingerprint density at radius 2 is 1.86 bits per heavy atom. The second kappa shape index (κ2) is 8.62. The molecule has 1 N–H and O–H groups in total. The van der Waals surface area contributed by atoms with Crippen LogP contribution in [0.25, 0.3) is 0 Å². The van der Waals surface area contributed by atoms with E-state index in [0.29, 0.717) is 16.1 Å². The summed E-state index contributed by atoms with van der Waals surface area (Å²) in [7, 11) is -4.09. The van der Waals surface area contributed by atoms with Crippen molar-refractivity contribution in [3.8, 4) is 0 Å². The lowest BCUT2D eigenvalue weighted by Crippen LogP contribution is -2.37. The molecule has 0 aliphatic carbocycles. The molecule has 1 amide bonds. The Hall–Kier alpha value is -1.91. The van der Waals surface area contributed by atoms with Crippen LogP contribution in [-0.2, 0) is 21.0 Å². The molecule has 0 atom stereocenters. The fourth-order valence-electron chi connectivity index (χ4n) is 2.33. The normalized spacial score (nSPS) is 11.9. The minimum atomic E-state index is -4.69. The van der Waals surface area contributed by atoms with Crippen LogP contribution in [0.1, 0.15) is 5.56 Å². The molecular formula is C17H16ClF3N2O3S2. The zero-order valence-corrected chi connectivity index (χ0v) is 17.1. The van der Waals surface area contributed by atoms with Crippen molar-refractivity contribution in [3.63, 3.8) is 0 Å². The highest BCUT2D eigenvalue weighted by Crippen LogP contribution is 2.36. The number of sulfonamides is 1. The molecule has 0 heterocycles. The number of para-hydroxylation sites is 1. The first-order valence-corrected chi connectivity index (χ1v) is 11.2. The molecule has 0 saturated heterocycles. The van der Waals surface area contributed by atoms with E-state index in [2.05, 4.69) is 5.32 Å². The van der Waals surface area contributed by atoms with Crippen molar-refractivity contribution >= 4 is 50.7 Å². The number of hydrogen-bond donors (Lipinski definition) is 1. The molecule has 0 saturated carbocycles. The van der Waals surface area contributed by atoms with Gasteiger partial charge < -0.3 is 5.32 Å². The number of anilines is 2. The van der Waals surface area contributed by atoms with Crippen molar-refractivity contribution < 1.29 is 26.4 Å². The maximum Gasteiger partial charge on any atom is 0.416 e. The Morgan fingerprint density at radius 1 is 1.21 bits per heavy atom. The first-order chi connectivity index (χ1) is 12.9. The van der Waals surface area contributed by atoms with E-state index in [4.69, 9.17) is 11.6 Å². The van der Waals surface area contributed by atoms with E-state index >= 15 is 0 Å². The molecule has 0 fully saturated rings. The summed E-state index contributed by atoms with van der Waals surface area (Å²) in [5.41, 5.74) is -1.04. The second-order valence-corrected chi connectivity index (χ2v) is 8.84. The third-order valence-electron chi connectivity index (χ3n) is 3.61. The van der Waals surface area contributed by atoms with Gasteiger partial charge in [-0.3, -0.25) is 9.10 Å². The molecular weight excluding hydrogens is 437 g/mol. The minimum Gasteiger partial charge on any atom is -0.323 e. The maximum atomic E-state index is 13.0. The second-order valence-electron chi connectivity index (χ2n) is 5.68. The number of alkyl halides is 3. The van der Waals surface area contributed by atoms with Gasteiger partial charge in [-0.2, -0.15) is 13.2 Å². The molecule has 2 rings (SSSR count). The summed E-state index contributed by atoms with van der Waals surface area (Å²) in [5.74, 6) is -0.722. The smallest absolute Gasteiger partial charge is 0.323 e. The van der Waals surface area contributed by atoms with E-state index in [9.17, 15) is 26.4 Å². The molecule has 0 radical (unpaired) electrons. The maximum absolute atomic E-state index is 13.0. The summed E-state index contributed by atoms with van der Waals surface area (Å²) in [6.07, 6.45) is -2.11. The monoisotopic (exact) mass is 452 g/mol. The Bertz CT molecular complexity index is 982. The number of nitrogens with zero attached hydrogens (tertiary/aromatic N) is 1. The number of carbonyl (C=O) groups excluding carboxylic acids is 1. The number of amides is 1. The molecule has 0 bridgehead atoms.